The van der Waals surface area contributed by atoms with Crippen molar-refractivity contribution in [2.45, 2.75) is 13.0 Å². The standard InChI is InChI=1S/C11H12ClN3O4/c1-5(9(16)15-11(14)18)19-10(17)7-3-2-6(12)4-8(7)13/h2-5H,13H2,1H3,(H3,14,15,16,18)/t5-/m0/s1. The SMILES string of the molecule is C[C@H](OC(=O)c1ccc(Cl)cc1N)C(=O)NC(N)=O. The van der Waals surface area contributed by atoms with Gasteiger partial charge in [-0.15, -0.1) is 0 Å². The largest absolute Gasteiger partial charge is 0.449 e. The smallest absolute Gasteiger partial charge is 0.341 e. The van der Waals surface area contributed by atoms with E-state index in [0.717, 1.165) is 0 Å². The maximum absolute atomic E-state index is 11.7. The fraction of sp³-hybridized carbons (Fsp3) is 0.182. The summed E-state index contributed by atoms with van der Waals surface area (Å²) in [4.78, 5) is 33.5. The first-order chi connectivity index (χ1) is 8.81. The number of primary amides is 1. The second-order valence-corrected chi connectivity index (χ2v) is 4.07. The first-order valence-corrected chi connectivity index (χ1v) is 5.55. The summed E-state index contributed by atoms with van der Waals surface area (Å²) in [6.45, 7) is 1.29. The van der Waals surface area contributed by atoms with Crippen LogP contribution in [0.3, 0.4) is 0 Å². The molecule has 0 spiro atoms. The zero-order chi connectivity index (χ0) is 14.6. The van der Waals surface area contributed by atoms with Crippen LogP contribution >= 0.6 is 11.6 Å². The third-order valence-electron chi connectivity index (χ3n) is 2.13. The number of halogens is 1. The Labute approximate surface area is 113 Å². The Hall–Kier alpha value is -2.28. The molecule has 0 radical (unpaired) electrons. The summed E-state index contributed by atoms with van der Waals surface area (Å²) in [7, 11) is 0. The Balaban J connectivity index is 2.74. The van der Waals surface area contributed by atoms with Gasteiger partial charge in [0.2, 0.25) is 0 Å². The van der Waals surface area contributed by atoms with E-state index in [1.807, 2.05) is 0 Å². The Morgan fingerprint density at radius 1 is 1.37 bits per heavy atom. The second kappa shape index (κ2) is 6.05. The van der Waals surface area contributed by atoms with Crippen molar-refractivity contribution in [3.05, 3.63) is 28.8 Å². The van der Waals surface area contributed by atoms with Crippen LogP contribution in [0.5, 0.6) is 0 Å². The van der Waals surface area contributed by atoms with Crippen LogP contribution in [0.1, 0.15) is 17.3 Å². The summed E-state index contributed by atoms with van der Waals surface area (Å²) in [5, 5.41) is 2.16. The number of hydrogen-bond donors (Lipinski definition) is 3. The molecule has 1 aromatic rings. The van der Waals surface area contributed by atoms with Gasteiger partial charge in [0.05, 0.1) is 5.56 Å². The minimum atomic E-state index is -1.19. The van der Waals surface area contributed by atoms with Gasteiger partial charge in [-0.05, 0) is 25.1 Å². The lowest BCUT2D eigenvalue weighted by atomic mass is 10.2. The van der Waals surface area contributed by atoms with Crippen LogP contribution < -0.4 is 16.8 Å². The monoisotopic (exact) mass is 285 g/mol. The summed E-state index contributed by atoms with van der Waals surface area (Å²) in [5.41, 5.74) is 10.6. The quantitative estimate of drug-likeness (QED) is 0.556. The summed E-state index contributed by atoms with van der Waals surface area (Å²) in [5.74, 6) is -1.63. The molecule has 0 aliphatic heterocycles. The van der Waals surface area contributed by atoms with Gasteiger partial charge < -0.3 is 16.2 Å². The number of carbonyl (C=O) groups is 3. The molecule has 1 atom stereocenters. The molecule has 0 saturated heterocycles. The number of hydrogen-bond acceptors (Lipinski definition) is 5. The molecule has 3 amide bonds. The molecule has 102 valence electrons. The van der Waals surface area contributed by atoms with Crippen LogP contribution in [0.4, 0.5) is 10.5 Å². The highest BCUT2D eigenvalue weighted by Gasteiger charge is 2.21. The number of amides is 3. The lowest BCUT2D eigenvalue weighted by Gasteiger charge is -2.12. The van der Waals surface area contributed by atoms with Crippen LogP contribution in [0.25, 0.3) is 0 Å². The third-order valence-corrected chi connectivity index (χ3v) is 2.37. The molecule has 0 aromatic heterocycles. The normalized spacial score (nSPS) is 11.5. The predicted molar refractivity (Wildman–Crippen MR) is 68.5 cm³/mol. The van der Waals surface area contributed by atoms with Gasteiger partial charge in [0, 0.05) is 10.7 Å². The van der Waals surface area contributed by atoms with Gasteiger partial charge in [-0.3, -0.25) is 10.1 Å². The minimum Gasteiger partial charge on any atom is -0.449 e. The van der Waals surface area contributed by atoms with Crippen LogP contribution in [-0.4, -0.2) is 24.0 Å². The first kappa shape index (κ1) is 14.8. The molecule has 0 fully saturated rings. The Morgan fingerprint density at radius 3 is 2.53 bits per heavy atom. The molecule has 0 heterocycles. The number of ether oxygens (including phenoxy) is 1. The van der Waals surface area contributed by atoms with Gasteiger partial charge in [0.25, 0.3) is 5.91 Å². The predicted octanol–water partition coefficient (Wildman–Crippen LogP) is 0.662. The molecule has 8 heteroatoms. The molecular weight excluding hydrogens is 274 g/mol. The van der Waals surface area contributed by atoms with Crippen molar-refractivity contribution in [2.24, 2.45) is 5.73 Å². The van der Waals surface area contributed by atoms with Crippen molar-refractivity contribution in [2.75, 3.05) is 5.73 Å². The maximum atomic E-state index is 11.7. The lowest BCUT2D eigenvalue weighted by molar-refractivity contribution is -0.127. The number of nitrogens with one attached hydrogen (secondary N) is 1. The van der Waals surface area contributed by atoms with E-state index in [9.17, 15) is 14.4 Å². The fourth-order valence-corrected chi connectivity index (χ4v) is 1.40. The fourth-order valence-electron chi connectivity index (χ4n) is 1.22. The van der Waals surface area contributed by atoms with Crippen LogP contribution in [-0.2, 0) is 9.53 Å². The minimum absolute atomic E-state index is 0.0723. The molecule has 1 rings (SSSR count). The van der Waals surface area contributed by atoms with E-state index in [0.29, 0.717) is 5.02 Å². The number of rotatable bonds is 3. The summed E-state index contributed by atoms with van der Waals surface area (Å²) < 4.78 is 4.84. The van der Waals surface area contributed by atoms with Crippen molar-refractivity contribution in [1.82, 2.24) is 5.32 Å². The number of imide groups is 1. The molecule has 5 N–H and O–H groups in total. The summed E-state index contributed by atoms with van der Waals surface area (Å²) in [6.07, 6.45) is -1.19. The average Bonchev–Trinajstić information content (AvgIpc) is 2.27. The highest BCUT2D eigenvalue weighted by atomic mass is 35.5. The van der Waals surface area contributed by atoms with E-state index < -0.39 is 24.0 Å². The summed E-state index contributed by atoms with van der Waals surface area (Å²) >= 11 is 5.69. The third kappa shape index (κ3) is 4.14. The van der Waals surface area contributed by atoms with E-state index in [4.69, 9.17) is 27.8 Å². The average molecular weight is 286 g/mol. The van der Waals surface area contributed by atoms with Crippen molar-refractivity contribution in [3.63, 3.8) is 0 Å². The molecule has 0 aliphatic carbocycles. The molecule has 0 bridgehead atoms. The van der Waals surface area contributed by atoms with Crippen LogP contribution in [0.15, 0.2) is 18.2 Å². The molecule has 0 unspecified atom stereocenters. The molecule has 19 heavy (non-hydrogen) atoms. The van der Waals surface area contributed by atoms with Gasteiger partial charge in [-0.25, -0.2) is 9.59 Å². The van der Waals surface area contributed by atoms with Crippen molar-refractivity contribution < 1.29 is 19.1 Å². The topological polar surface area (TPSA) is 125 Å². The van der Waals surface area contributed by atoms with Gasteiger partial charge >= 0.3 is 12.0 Å². The second-order valence-electron chi connectivity index (χ2n) is 3.63. The van der Waals surface area contributed by atoms with Crippen molar-refractivity contribution >= 4 is 35.2 Å². The number of nitrogen functional groups attached to an aromatic ring is 1. The molecule has 0 aliphatic rings. The number of carbonyl (C=O) groups excluding carboxylic acids is 3. The number of benzene rings is 1. The van der Waals surface area contributed by atoms with Gasteiger partial charge in [-0.1, -0.05) is 11.6 Å². The number of urea groups is 1. The van der Waals surface area contributed by atoms with Crippen LogP contribution in [0, 0.1) is 0 Å². The van der Waals surface area contributed by atoms with E-state index >= 15 is 0 Å². The molecule has 7 nitrogen and oxygen atoms in total. The Bertz CT molecular complexity index is 533. The Kier molecular flexibility index (Phi) is 4.71. The molecular formula is C11H12ClN3O4. The van der Waals surface area contributed by atoms with E-state index in [1.165, 1.54) is 25.1 Å². The van der Waals surface area contributed by atoms with Gasteiger partial charge in [0.1, 0.15) is 0 Å². The first-order valence-electron chi connectivity index (χ1n) is 5.17. The maximum Gasteiger partial charge on any atom is 0.341 e. The number of esters is 1. The number of anilines is 1. The molecule has 1 aromatic carbocycles. The van der Waals surface area contributed by atoms with Crippen molar-refractivity contribution in [1.29, 1.82) is 0 Å². The van der Waals surface area contributed by atoms with E-state index in [2.05, 4.69) is 0 Å². The summed E-state index contributed by atoms with van der Waals surface area (Å²) in [6, 6.07) is 3.19. The highest BCUT2D eigenvalue weighted by molar-refractivity contribution is 6.31. The van der Waals surface area contributed by atoms with Gasteiger partial charge in [0.15, 0.2) is 6.10 Å². The number of nitrogens with two attached hydrogens (primary N) is 2. The van der Waals surface area contributed by atoms with Crippen LogP contribution in [0.2, 0.25) is 5.02 Å². The van der Waals surface area contributed by atoms with E-state index in [1.54, 1.807) is 5.32 Å². The zero-order valence-corrected chi connectivity index (χ0v) is 10.7. The van der Waals surface area contributed by atoms with E-state index in [-0.39, 0.29) is 11.3 Å². The van der Waals surface area contributed by atoms with Crippen molar-refractivity contribution in [3.8, 4) is 0 Å². The molecule has 0 saturated carbocycles. The Morgan fingerprint density at radius 2 is 2.00 bits per heavy atom. The zero-order valence-electron chi connectivity index (χ0n) is 9.98. The highest BCUT2D eigenvalue weighted by Crippen LogP contribution is 2.19. The lowest BCUT2D eigenvalue weighted by Crippen LogP contribution is -2.42. The van der Waals surface area contributed by atoms with Gasteiger partial charge in [-0.2, -0.15) is 0 Å².